The number of aromatic nitrogens is 1. The van der Waals surface area contributed by atoms with Crippen LogP contribution in [0.3, 0.4) is 0 Å². The third-order valence-corrected chi connectivity index (χ3v) is 8.26. The van der Waals surface area contributed by atoms with Gasteiger partial charge in [-0.3, -0.25) is 24.0 Å². The molecule has 0 saturated carbocycles. The van der Waals surface area contributed by atoms with E-state index in [4.69, 9.17) is 4.74 Å². The van der Waals surface area contributed by atoms with Crippen molar-refractivity contribution >= 4 is 28.4 Å². The number of aliphatic hydroxyl groups is 2. The van der Waals surface area contributed by atoms with Crippen molar-refractivity contribution in [2.24, 2.45) is 7.05 Å². The minimum atomic E-state index is -1.93. The molecule has 0 radical (unpaired) electrons. The van der Waals surface area contributed by atoms with Gasteiger partial charge in [0.05, 0.1) is 33.4 Å². The predicted octanol–water partition coefficient (Wildman–Crippen LogP) is 0.113. The number of benzene rings is 1. The summed E-state index contributed by atoms with van der Waals surface area (Å²) in [7, 11) is 2.66. The maximum Gasteiger partial charge on any atom is 0.262 e. The van der Waals surface area contributed by atoms with E-state index < -0.39 is 76.6 Å². The van der Waals surface area contributed by atoms with Gasteiger partial charge in [0.25, 0.3) is 5.56 Å². The average Bonchev–Trinajstić information content (AvgIpc) is 3.43. The van der Waals surface area contributed by atoms with Crippen molar-refractivity contribution in [2.75, 3.05) is 7.11 Å². The number of aliphatic hydroxyl groups excluding tert-OH is 2. The largest absolute Gasteiger partial charge is 0.510 e. The summed E-state index contributed by atoms with van der Waals surface area (Å²) >= 11 is 0. The molecule has 3 N–H and O–H groups in total. The summed E-state index contributed by atoms with van der Waals surface area (Å²) in [5.74, 6) is -2.41. The van der Waals surface area contributed by atoms with Crippen LogP contribution < -0.4 is 42.4 Å². The van der Waals surface area contributed by atoms with E-state index in [0.29, 0.717) is 16.6 Å². The van der Waals surface area contributed by atoms with Crippen LogP contribution in [0.2, 0.25) is 0 Å². The molecule has 10 nitrogen and oxygen atoms in total. The normalized spacial score (nSPS) is 18.0. The van der Waals surface area contributed by atoms with Crippen molar-refractivity contribution in [3.05, 3.63) is 125 Å². The van der Waals surface area contributed by atoms with Crippen molar-refractivity contribution in [3.8, 4) is 11.5 Å². The Hall–Kier alpha value is -5.25. The Morgan fingerprint density at radius 2 is 1.54 bits per heavy atom. The minimum absolute atomic E-state index is 0.0179. The summed E-state index contributed by atoms with van der Waals surface area (Å²) in [4.78, 5) is 66.2. The van der Waals surface area contributed by atoms with Crippen LogP contribution in [0, 0.1) is 10.4 Å². The zero-order chi connectivity index (χ0) is 29.5. The van der Waals surface area contributed by atoms with E-state index in [1.165, 1.54) is 11.6 Å². The van der Waals surface area contributed by atoms with Crippen molar-refractivity contribution in [1.82, 2.24) is 4.57 Å². The number of aromatic hydroxyl groups is 1. The van der Waals surface area contributed by atoms with E-state index in [1.54, 1.807) is 30.4 Å². The molecule has 206 valence electrons. The van der Waals surface area contributed by atoms with E-state index >= 15 is 0 Å². The number of phenols is 1. The minimum Gasteiger partial charge on any atom is -0.510 e. The lowest BCUT2D eigenvalue weighted by Gasteiger charge is -2.27. The Kier molecular flexibility index (Phi) is 5.47. The number of pyridine rings is 1. The van der Waals surface area contributed by atoms with E-state index in [-0.39, 0.29) is 23.8 Å². The Morgan fingerprint density at radius 1 is 0.878 bits per heavy atom. The van der Waals surface area contributed by atoms with Crippen molar-refractivity contribution < 1.29 is 20.1 Å². The smallest absolute Gasteiger partial charge is 0.262 e. The fourth-order valence-corrected chi connectivity index (χ4v) is 6.32. The molecule has 1 spiro atoms. The number of ether oxygens (including phenoxy) is 1. The first-order chi connectivity index (χ1) is 19.5. The molecule has 4 aliphatic rings. The van der Waals surface area contributed by atoms with Crippen molar-refractivity contribution in [2.45, 2.75) is 25.2 Å². The van der Waals surface area contributed by atoms with Gasteiger partial charge in [-0.05, 0) is 42.9 Å². The highest BCUT2D eigenvalue weighted by molar-refractivity contribution is 5.95. The van der Waals surface area contributed by atoms with Crippen LogP contribution in [-0.2, 0) is 18.9 Å². The van der Waals surface area contributed by atoms with Gasteiger partial charge in [-0.2, -0.15) is 0 Å². The van der Waals surface area contributed by atoms with Gasteiger partial charge in [0.15, 0.2) is 11.2 Å². The first kappa shape index (κ1) is 26.0. The molecule has 10 heteroatoms. The highest BCUT2D eigenvalue weighted by Crippen LogP contribution is 2.54. The quantitative estimate of drug-likeness (QED) is 0.299. The van der Waals surface area contributed by atoms with Crippen LogP contribution in [0.1, 0.15) is 30.2 Å². The highest BCUT2D eigenvalue weighted by atomic mass is 16.5. The molecule has 41 heavy (non-hydrogen) atoms. The number of hydrogen-bond donors (Lipinski definition) is 3. The van der Waals surface area contributed by atoms with Gasteiger partial charge in [0.1, 0.15) is 22.7 Å². The summed E-state index contributed by atoms with van der Waals surface area (Å²) in [6.45, 7) is 1.85. The van der Waals surface area contributed by atoms with Crippen LogP contribution in [0.5, 0.6) is 11.5 Å². The third kappa shape index (κ3) is 3.09. The van der Waals surface area contributed by atoms with Gasteiger partial charge in [0.2, 0.25) is 16.3 Å². The Balaban J connectivity index is 1.76. The number of aryl methyl sites for hydroxylation is 1. The molecule has 0 aliphatic heterocycles. The Labute approximate surface area is 229 Å². The summed E-state index contributed by atoms with van der Waals surface area (Å²) in [6, 6.07) is 4.18. The van der Waals surface area contributed by atoms with E-state index in [0.717, 1.165) is 13.2 Å². The monoisotopic (exact) mass is 553 g/mol. The average molecular weight is 554 g/mol. The molecule has 1 aromatic carbocycles. The number of methoxy groups -OCH3 is 1. The molecule has 1 unspecified atom stereocenters. The molecular weight excluding hydrogens is 530 g/mol. The number of phenolic OH excluding ortho intramolecular Hbond substituents is 1. The molecule has 1 heterocycles. The van der Waals surface area contributed by atoms with Gasteiger partial charge < -0.3 is 24.6 Å². The van der Waals surface area contributed by atoms with Gasteiger partial charge in [-0.15, -0.1) is 0 Å². The second-order valence-corrected chi connectivity index (χ2v) is 10.2. The molecule has 1 aromatic heterocycles. The number of nitrogens with zero attached hydrogens (tertiary/aromatic N) is 1. The van der Waals surface area contributed by atoms with Crippen LogP contribution in [0.25, 0.3) is 28.4 Å². The van der Waals surface area contributed by atoms with Crippen LogP contribution >= 0.6 is 0 Å². The molecule has 0 fully saturated rings. The number of allylic oxidation sites excluding steroid dienone is 3. The van der Waals surface area contributed by atoms with E-state index in [9.17, 15) is 39.3 Å². The molecule has 0 amide bonds. The number of fused-ring (bicyclic) bond motifs is 4. The van der Waals surface area contributed by atoms with Crippen LogP contribution in [-0.4, -0.2) is 27.0 Å². The molecule has 0 saturated heterocycles. The SMILES string of the molecule is C/C=C/C=C/c1cc2cc3c(c(O)c2c(=O)n1C)C1(CC3)C(O)=c2c(=O)c3c(=O)cc(OC)c(=O)c=3c(=O)c2=C1O. The zero-order valence-electron chi connectivity index (χ0n) is 22.2. The Bertz CT molecular complexity index is 2410. The topological polar surface area (TPSA) is 160 Å². The first-order valence-electron chi connectivity index (χ1n) is 12.8. The molecule has 1 atom stereocenters. The number of hydrogen-bond acceptors (Lipinski definition) is 9. The predicted molar refractivity (Wildman–Crippen MR) is 152 cm³/mol. The summed E-state index contributed by atoms with van der Waals surface area (Å²) < 4.78 is 6.24. The van der Waals surface area contributed by atoms with Crippen LogP contribution in [0.4, 0.5) is 0 Å². The van der Waals surface area contributed by atoms with Gasteiger partial charge in [-0.1, -0.05) is 24.3 Å². The lowest BCUT2D eigenvalue weighted by atomic mass is 9.78. The van der Waals surface area contributed by atoms with Crippen LogP contribution in [0.15, 0.2) is 60.4 Å². The third-order valence-electron chi connectivity index (χ3n) is 8.26. The molecule has 6 rings (SSSR count). The molecule has 2 aromatic rings. The lowest BCUT2D eigenvalue weighted by Crippen LogP contribution is -2.51. The summed E-state index contributed by atoms with van der Waals surface area (Å²) in [5.41, 5.74) is -5.59. The van der Waals surface area contributed by atoms with E-state index in [2.05, 4.69) is 0 Å². The molecule has 0 bridgehead atoms. The zero-order valence-corrected chi connectivity index (χ0v) is 22.2. The fourth-order valence-electron chi connectivity index (χ4n) is 6.32. The van der Waals surface area contributed by atoms with E-state index in [1.807, 2.05) is 13.0 Å². The lowest BCUT2D eigenvalue weighted by molar-refractivity contribution is 0.362. The van der Waals surface area contributed by atoms with Crippen molar-refractivity contribution in [3.63, 3.8) is 0 Å². The van der Waals surface area contributed by atoms with Crippen molar-refractivity contribution in [1.29, 1.82) is 0 Å². The molecule has 4 aliphatic carbocycles. The fraction of sp³-hybridized carbons (Fsp3) is 0.194. The first-order valence-corrected chi connectivity index (χ1v) is 12.8. The maximum atomic E-state index is 13.6. The standard InChI is InChI=1S/C31H23NO9/c1-4-5-6-7-15-11-14-10-13-8-9-31(23(13)27(37)18(14)30(40)32(15)2)28(38)21-22(29(31)39)26(36)20-19(25(21)35)16(33)12-17(41-3)24(20)34/h4-7,10-12,37-39H,8-9H2,1-3H3/b5-4+,7-6+. The number of rotatable bonds is 3. The second kappa shape index (κ2) is 8.62. The van der Waals surface area contributed by atoms with Gasteiger partial charge in [-0.25, -0.2) is 0 Å². The molecular formula is C31H23NO9. The maximum absolute atomic E-state index is 13.6. The summed E-state index contributed by atoms with van der Waals surface area (Å²) in [5, 5.41) is 32.3. The van der Waals surface area contributed by atoms with Gasteiger partial charge in [0, 0.05) is 24.4 Å². The van der Waals surface area contributed by atoms with Gasteiger partial charge >= 0.3 is 0 Å². The highest BCUT2D eigenvalue weighted by Gasteiger charge is 2.53. The summed E-state index contributed by atoms with van der Waals surface area (Å²) in [6.07, 6.45) is 7.27. The Morgan fingerprint density at radius 3 is 2.17 bits per heavy atom. The second-order valence-electron chi connectivity index (χ2n) is 10.2.